The van der Waals surface area contributed by atoms with E-state index in [1.165, 1.54) is 6.92 Å². The van der Waals surface area contributed by atoms with Crippen LogP contribution in [0.4, 0.5) is 18.0 Å². The van der Waals surface area contributed by atoms with Gasteiger partial charge in [0.05, 0.1) is 12.3 Å². The lowest BCUT2D eigenvalue weighted by Gasteiger charge is -2.34. The second-order valence-electron chi connectivity index (χ2n) is 4.78. The van der Waals surface area contributed by atoms with Crippen molar-refractivity contribution in [2.24, 2.45) is 5.92 Å². The second kappa shape index (κ2) is 6.12. The molecule has 0 aromatic heterocycles. The zero-order valence-electron chi connectivity index (χ0n) is 10.5. The quantitative estimate of drug-likeness (QED) is 0.829. The molecule has 1 fully saturated rings. The van der Waals surface area contributed by atoms with Crippen molar-refractivity contribution >= 4 is 12.0 Å². The lowest BCUT2D eigenvalue weighted by molar-refractivity contribution is -0.184. The van der Waals surface area contributed by atoms with Gasteiger partial charge in [-0.15, -0.1) is 0 Å². The summed E-state index contributed by atoms with van der Waals surface area (Å²) in [6.07, 6.45) is -4.24. The molecule has 2 amide bonds. The van der Waals surface area contributed by atoms with Crippen LogP contribution >= 0.6 is 0 Å². The molecule has 1 saturated heterocycles. The molecular weight excluding hydrogens is 265 g/mol. The maximum Gasteiger partial charge on any atom is 0.393 e. The fraction of sp³-hybridized carbons (Fsp3) is 0.818. The van der Waals surface area contributed by atoms with Crippen LogP contribution in [0.5, 0.6) is 0 Å². The van der Waals surface area contributed by atoms with Crippen LogP contribution in [-0.2, 0) is 4.79 Å². The van der Waals surface area contributed by atoms with Crippen molar-refractivity contribution in [1.29, 1.82) is 0 Å². The third-order valence-electron chi connectivity index (χ3n) is 3.02. The smallest absolute Gasteiger partial charge is 0.393 e. The van der Waals surface area contributed by atoms with Gasteiger partial charge in [0, 0.05) is 19.1 Å². The molecule has 19 heavy (non-hydrogen) atoms. The van der Waals surface area contributed by atoms with E-state index in [0.29, 0.717) is 6.42 Å². The molecule has 0 spiro atoms. The van der Waals surface area contributed by atoms with Gasteiger partial charge in [0.2, 0.25) is 0 Å². The van der Waals surface area contributed by atoms with Gasteiger partial charge in [-0.25, -0.2) is 4.79 Å². The van der Waals surface area contributed by atoms with E-state index in [9.17, 15) is 22.8 Å². The number of piperidine rings is 1. The van der Waals surface area contributed by atoms with E-state index in [-0.39, 0.29) is 25.9 Å². The Morgan fingerprint density at radius 3 is 2.63 bits per heavy atom. The number of carbonyl (C=O) groups is 2. The number of nitrogens with one attached hydrogen (secondary N) is 1. The third-order valence-corrected chi connectivity index (χ3v) is 3.02. The van der Waals surface area contributed by atoms with E-state index < -0.39 is 30.1 Å². The summed E-state index contributed by atoms with van der Waals surface area (Å²) >= 11 is 0. The number of likely N-dealkylation sites (tertiary alicyclic amines) is 1. The van der Waals surface area contributed by atoms with Gasteiger partial charge in [-0.05, 0) is 19.8 Å². The number of hydrogen-bond donors (Lipinski definition) is 2. The summed E-state index contributed by atoms with van der Waals surface area (Å²) in [5.41, 5.74) is 0. The van der Waals surface area contributed by atoms with Crippen LogP contribution in [0.3, 0.4) is 0 Å². The molecule has 2 atom stereocenters. The number of amides is 2. The molecule has 2 N–H and O–H groups in total. The van der Waals surface area contributed by atoms with E-state index in [4.69, 9.17) is 5.11 Å². The molecule has 8 heteroatoms. The van der Waals surface area contributed by atoms with Gasteiger partial charge in [0.1, 0.15) is 0 Å². The molecule has 0 aromatic rings. The molecule has 0 aliphatic carbocycles. The van der Waals surface area contributed by atoms with E-state index >= 15 is 0 Å². The Morgan fingerprint density at radius 2 is 2.11 bits per heavy atom. The minimum Gasteiger partial charge on any atom is -0.481 e. The molecule has 0 radical (unpaired) electrons. The number of hydrogen-bond acceptors (Lipinski definition) is 2. The van der Waals surface area contributed by atoms with E-state index in [1.807, 2.05) is 0 Å². The minimum absolute atomic E-state index is 0.0258. The van der Waals surface area contributed by atoms with Crippen molar-refractivity contribution in [3.8, 4) is 0 Å². The molecule has 1 rings (SSSR count). The van der Waals surface area contributed by atoms with Crippen molar-refractivity contribution in [1.82, 2.24) is 10.2 Å². The highest BCUT2D eigenvalue weighted by Gasteiger charge is 2.42. The largest absolute Gasteiger partial charge is 0.481 e. The van der Waals surface area contributed by atoms with E-state index in [0.717, 1.165) is 4.90 Å². The van der Waals surface area contributed by atoms with Crippen LogP contribution < -0.4 is 5.32 Å². The molecule has 0 aromatic carbocycles. The molecule has 1 heterocycles. The standard InChI is InChI=1S/C11H17F3N2O3/c1-7(5-9(17)18)15-10(19)16-4-2-3-8(6-16)11(12,13)14/h7-8H,2-6H2,1H3,(H,15,19)(H,17,18). The molecule has 5 nitrogen and oxygen atoms in total. The van der Waals surface area contributed by atoms with Crippen LogP contribution in [0.25, 0.3) is 0 Å². The Hall–Kier alpha value is -1.47. The number of carbonyl (C=O) groups excluding carboxylic acids is 1. The third kappa shape index (κ3) is 4.96. The lowest BCUT2D eigenvalue weighted by Crippen LogP contribution is -2.50. The number of carboxylic acid groups (broad SMARTS) is 1. The van der Waals surface area contributed by atoms with Gasteiger partial charge in [-0.3, -0.25) is 4.79 Å². The SMILES string of the molecule is CC(CC(=O)O)NC(=O)N1CCCC(C(F)(F)F)C1. The van der Waals surface area contributed by atoms with Crippen LogP contribution in [0.15, 0.2) is 0 Å². The summed E-state index contributed by atoms with van der Waals surface area (Å²) < 4.78 is 37.7. The first-order chi connectivity index (χ1) is 8.70. The summed E-state index contributed by atoms with van der Waals surface area (Å²) in [7, 11) is 0. The number of nitrogens with zero attached hydrogens (tertiary/aromatic N) is 1. The second-order valence-corrected chi connectivity index (χ2v) is 4.78. The monoisotopic (exact) mass is 282 g/mol. The number of alkyl halides is 3. The zero-order valence-corrected chi connectivity index (χ0v) is 10.5. The Morgan fingerprint density at radius 1 is 1.47 bits per heavy atom. The van der Waals surface area contributed by atoms with Crippen molar-refractivity contribution in [3.05, 3.63) is 0 Å². The molecular formula is C11H17F3N2O3. The van der Waals surface area contributed by atoms with Gasteiger partial charge in [-0.2, -0.15) is 13.2 Å². The highest BCUT2D eigenvalue weighted by molar-refractivity contribution is 5.76. The van der Waals surface area contributed by atoms with Crippen LogP contribution in [-0.4, -0.2) is 47.3 Å². The van der Waals surface area contributed by atoms with Crippen LogP contribution in [0.2, 0.25) is 0 Å². The fourth-order valence-electron chi connectivity index (χ4n) is 2.04. The summed E-state index contributed by atoms with van der Waals surface area (Å²) in [4.78, 5) is 23.3. The number of rotatable bonds is 3. The van der Waals surface area contributed by atoms with Crippen LogP contribution in [0.1, 0.15) is 26.2 Å². The van der Waals surface area contributed by atoms with Gasteiger partial charge in [0.25, 0.3) is 0 Å². The van der Waals surface area contributed by atoms with Gasteiger partial charge in [0.15, 0.2) is 0 Å². The van der Waals surface area contributed by atoms with Gasteiger partial charge in [-0.1, -0.05) is 0 Å². The first-order valence-corrected chi connectivity index (χ1v) is 6.04. The fourth-order valence-corrected chi connectivity index (χ4v) is 2.04. The highest BCUT2D eigenvalue weighted by Crippen LogP contribution is 2.33. The van der Waals surface area contributed by atoms with Gasteiger partial charge >= 0.3 is 18.2 Å². The molecule has 0 saturated carbocycles. The Balaban J connectivity index is 2.50. The molecule has 110 valence electrons. The normalized spacial score (nSPS) is 21.9. The first-order valence-electron chi connectivity index (χ1n) is 6.04. The lowest BCUT2D eigenvalue weighted by atomic mass is 9.98. The van der Waals surface area contributed by atoms with Gasteiger partial charge < -0.3 is 15.3 Å². The minimum atomic E-state index is -4.30. The summed E-state index contributed by atoms with van der Waals surface area (Å²) in [5.74, 6) is -2.57. The van der Waals surface area contributed by atoms with Crippen LogP contribution in [0, 0.1) is 5.92 Å². The average molecular weight is 282 g/mol. The number of carboxylic acids is 1. The summed E-state index contributed by atoms with van der Waals surface area (Å²) in [6, 6.07) is -1.25. The van der Waals surface area contributed by atoms with Crippen molar-refractivity contribution in [3.63, 3.8) is 0 Å². The van der Waals surface area contributed by atoms with E-state index in [2.05, 4.69) is 5.32 Å². The number of halogens is 3. The van der Waals surface area contributed by atoms with Crippen molar-refractivity contribution in [2.75, 3.05) is 13.1 Å². The van der Waals surface area contributed by atoms with E-state index in [1.54, 1.807) is 0 Å². The Labute approximate surface area is 108 Å². The van der Waals surface area contributed by atoms with Crippen molar-refractivity contribution < 1.29 is 27.9 Å². The first kappa shape index (κ1) is 15.6. The summed E-state index contributed by atoms with van der Waals surface area (Å²) in [6.45, 7) is 1.39. The number of urea groups is 1. The Kier molecular flexibility index (Phi) is 5.02. The van der Waals surface area contributed by atoms with Crippen molar-refractivity contribution in [2.45, 2.75) is 38.4 Å². The molecule has 1 aliphatic rings. The summed E-state index contributed by atoms with van der Waals surface area (Å²) in [5, 5.41) is 10.9. The molecule has 0 bridgehead atoms. The number of aliphatic carboxylic acids is 1. The molecule has 1 aliphatic heterocycles. The Bertz CT molecular complexity index is 347. The predicted octanol–water partition coefficient (Wildman–Crippen LogP) is 1.83. The molecule has 2 unspecified atom stereocenters. The topological polar surface area (TPSA) is 69.6 Å². The zero-order chi connectivity index (χ0) is 14.6. The average Bonchev–Trinajstić information content (AvgIpc) is 2.26. The maximum absolute atomic E-state index is 12.6. The highest BCUT2D eigenvalue weighted by atomic mass is 19.4. The predicted molar refractivity (Wildman–Crippen MR) is 60.6 cm³/mol. The maximum atomic E-state index is 12.6.